The van der Waals surface area contributed by atoms with Crippen LogP contribution in [0.1, 0.15) is 44.7 Å². The van der Waals surface area contributed by atoms with Crippen molar-refractivity contribution in [1.29, 1.82) is 0 Å². The fourth-order valence-electron chi connectivity index (χ4n) is 1.62. The van der Waals surface area contributed by atoms with Crippen molar-refractivity contribution in [2.45, 2.75) is 44.8 Å². The van der Waals surface area contributed by atoms with Crippen LogP contribution >= 0.6 is 23.6 Å². The van der Waals surface area contributed by atoms with Crippen LogP contribution in [0.4, 0.5) is 0 Å². The van der Waals surface area contributed by atoms with Gasteiger partial charge in [0.15, 0.2) is 13.8 Å². The molecule has 0 aliphatic rings. The Morgan fingerprint density at radius 1 is 1.29 bits per heavy atom. The summed E-state index contributed by atoms with van der Waals surface area (Å²) >= 11 is 6.30. The van der Waals surface area contributed by atoms with Crippen molar-refractivity contribution in [1.82, 2.24) is 4.98 Å². The molecule has 0 radical (unpaired) electrons. The number of H-pyrrole nitrogens is 1. The number of hydrogen-bond donors (Lipinski definition) is 1. The largest absolute Gasteiger partial charge is 0.340 e. The summed E-state index contributed by atoms with van der Waals surface area (Å²) < 4.78 is 24.2. The lowest BCUT2D eigenvalue weighted by atomic mass is 10.2. The van der Waals surface area contributed by atoms with Crippen LogP contribution in [0.25, 0.3) is 0 Å². The number of nitrogens with one attached hydrogen (secondary N) is 1. The number of unbranched alkanes of at least 4 members (excludes halogenated alkanes) is 4. The average molecular weight is 293 g/mol. The molecule has 0 bridgehead atoms. The van der Waals surface area contributed by atoms with E-state index in [0.29, 0.717) is 9.65 Å². The molecule has 3 nitrogen and oxygen atoms in total. The van der Waals surface area contributed by atoms with Crippen LogP contribution in [0.2, 0.25) is 0 Å². The molecule has 1 rings (SSSR count). The van der Waals surface area contributed by atoms with E-state index in [0.717, 1.165) is 19.3 Å². The Labute approximate surface area is 112 Å². The standard InChI is InChI=1S/C11H19NO2S3/c1-2-3-4-5-6-7-17(13,14)9-10-8-16-11(15)12-10/h8H,2-7,9H2,1H3,(H,12,15). The summed E-state index contributed by atoms with van der Waals surface area (Å²) in [5.41, 5.74) is 0.716. The summed E-state index contributed by atoms with van der Waals surface area (Å²) in [5.74, 6) is 0.376. The van der Waals surface area contributed by atoms with Gasteiger partial charge in [0, 0.05) is 11.1 Å². The Kier molecular flexibility index (Phi) is 6.37. The first-order valence-corrected chi connectivity index (χ1v) is 9.01. The van der Waals surface area contributed by atoms with E-state index in [-0.39, 0.29) is 11.5 Å². The van der Waals surface area contributed by atoms with Crippen LogP contribution in [-0.2, 0) is 15.6 Å². The second-order valence-corrected chi connectivity index (χ2v) is 7.91. The Morgan fingerprint density at radius 3 is 2.59 bits per heavy atom. The highest BCUT2D eigenvalue weighted by atomic mass is 32.2. The van der Waals surface area contributed by atoms with Gasteiger partial charge >= 0.3 is 0 Å². The first-order valence-electron chi connectivity index (χ1n) is 5.90. The topological polar surface area (TPSA) is 49.9 Å². The summed E-state index contributed by atoms with van der Waals surface area (Å²) in [7, 11) is -2.98. The van der Waals surface area contributed by atoms with E-state index < -0.39 is 9.84 Å². The Morgan fingerprint density at radius 2 is 2.00 bits per heavy atom. The number of aromatic nitrogens is 1. The first kappa shape index (κ1) is 14.9. The molecule has 0 aliphatic carbocycles. The smallest absolute Gasteiger partial charge is 0.158 e. The summed E-state index contributed by atoms with van der Waals surface area (Å²) in [6.45, 7) is 2.15. The number of aromatic amines is 1. The van der Waals surface area contributed by atoms with Crippen molar-refractivity contribution in [2.24, 2.45) is 0 Å². The Balaban J connectivity index is 2.34. The maximum absolute atomic E-state index is 11.8. The van der Waals surface area contributed by atoms with E-state index in [2.05, 4.69) is 11.9 Å². The molecule has 0 atom stereocenters. The molecule has 0 aliphatic heterocycles. The van der Waals surface area contributed by atoms with Crippen LogP contribution in [0, 0.1) is 3.95 Å². The van der Waals surface area contributed by atoms with Crippen molar-refractivity contribution in [3.63, 3.8) is 0 Å². The average Bonchev–Trinajstić information content (AvgIpc) is 2.62. The molecular weight excluding hydrogens is 274 g/mol. The van der Waals surface area contributed by atoms with E-state index >= 15 is 0 Å². The Hall–Kier alpha value is -0.200. The zero-order valence-electron chi connectivity index (χ0n) is 10.1. The molecule has 1 heterocycles. The third-order valence-electron chi connectivity index (χ3n) is 2.51. The normalized spacial score (nSPS) is 11.8. The quantitative estimate of drug-likeness (QED) is 0.587. The summed E-state index contributed by atoms with van der Waals surface area (Å²) in [6.07, 6.45) is 5.28. The summed E-state index contributed by atoms with van der Waals surface area (Å²) in [5, 5.41) is 1.79. The van der Waals surface area contributed by atoms with Gasteiger partial charge in [-0.15, -0.1) is 11.3 Å². The van der Waals surface area contributed by atoms with Gasteiger partial charge < -0.3 is 4.98 Å². The van der Waals surface area contributed by atoms with Crippen molar-refractivity contribution in [3.8, 4) is 0 Å². The van der Waals surface area contributed by atoms with Crippen molar-refractivity contribution < 1.29 is 8.42 Å². The maximum atomic E-state index is 11.8. The maximum Gasteiger partial charge on any atom is 0.158 e. The molecule has 98 valence electrons. The molecule has 1 N–H and O–H groups in total. The molecule has 0 unspecified atom stereocenters. The molecule has 0 aromatic carbocycles. The van der Waals surface area contributed by atoms with E-state index in [4.69, 9.17) is 12.2 Å². The molecular formula is C11H19NO2S3. The van der Waals surface area contributed by atoms with E-state index in [1.54, 1.807) is 5.38 Å². The van der Waals surface area contributed by atoms with Crippen molar-refractivity contribution >= 4 is 33.4 Å². The fraction of sp³-hybridized carbons (Fsp3) is 0.727. The third-order valence-corrected chi connectivity index (χ3v) is 5.28. The minimum atomic E-state index is -2.98. The zero-order valence-corrected chi connectivity index (χ0v) is 12.5. The number of sulfone groups is 1. The molecule has 1 aromatic rings. The molecule has 6 heteroatoms. The van der Waals surface area contributed by atoms with Gasteiger partial charge in [-0.1, -0.05) is 32.6 Å². The highest BCUT2D eigenvalue weighted by molar-refractivity contribution is 7.90. The predicted octanol–water partition coefficient (Wildman–Crippen LogP) is 3.69. The predicted molar refractivity (Wildman–Crippen MR) is 75.8 cm³/mol. The molecule has 0 saturated heterocycles. The minimum Gasteiger partial charge on any atom is -0.340 e. The Bertz CT molecular complexity index is 473. The van der Waals surface area contributed by atoms with E-state index in [9.17, 15) is 8.42 Å². The van der Waals surface area contributed by atoms with Crippen LogP contribution < -0.4 is 0 Å². The summed E-state index contributed by atoms with van der Waals surface area (Å²) in [4.78, 5) is 2.90. The van der Waals surface area contributed by atoms with Gasteiger partial charge in [0.1, 0.15) is 0 Å². The number of rotatable bonds is 8. The molecule has 1 aromatic heterocycles. The first-order chi connectivity index (χ1) is 8.03. The van der Waals surface area contributed by atoms with Gasteiger partial charge in [0.05, 0.1) is 11.5 Å². The van der Waals surface area contributed by atoms with Crippen LogP contribution in [0.15, 0.2) is 5.38 Å². The van der Waals surface area contributed by atoms with E-state index in [1.165, 1.54) is 24.2 Å². The van der Waals surface area contributed by atoms with Gasteiger partial charge in [0.2, 0.25) is 0 Å². The minimum absolute atomic E-state index is 0.0912. The monoisotopic (exact) mass is 293 g/mol. The molecule has 0 fully saturated rings. The third kappa shape index (κ3) is 6.33. The molecule has 0 amide bonds. The van der Waals surface area contributed by atoms with Crippen LogP contribution in [0.3, 0.4) is 0 Å². The molecule has 17 heavy (non-hydrogen) atoms. The highest BCUT2D eigenvalue weighted by Gasteiger charge is 2.12. The van der Waals surface area contributed by atoms with Gasteiger partial charge in [-0.05, 0) is 18.6 Å². The van der Waals surface area contributed by atoms with Crippen LogP contribution in [-0.4, -0.2) is 19.2 Å². The van der Waals surface area contributed by atoms with Crippen molar-refractivity contribution in [2.75, 3.05) is 5.75 Å². The molecule has 0 saturated carbocycles. The zero-order chi connectivity index (χ0) is 12.7. The number of thiazole rings is 1. The lowest BCUT2D eigenvalue weighted by Gasteiger charge is -2.02. The van der Waals surface area contributed by atoms with Gasteiger partial charge in [-0.3, -0.25) is 0 Å². The summed E-state index contributed by atoms with van der Waals surface area (Å²) in [6, 6.07) is 0. The second-order valence-electron chi connectivity index (χ2n) is 4.18. The number of hydrogen-bond acceptors (Lipinski definition) is 4. The fourth-order valence-corrected chi connectivity index (χ4v) is 4.00. The van der Waals surface area contributed by atoms with Gasteiger partial charge in [-0.2, -0.15) is 0 Å². The van der Waals surface area contributed by atoms with Gasteiger partial charge in [-0.25, -0.2) is 8.42 Å². The van der Waals surface area contributed by atoms with Crippen molar-refractivity contribution in [3.05, 3.63) is 15.0 Å². The van der Waals surface area contributed by atoms with E-state index in [1.807, 2.05) is 0 Å². The van der Waals surface area contributed by atoms with Gasteiger partial charge in [0.25, 0.3) is 0 Å². The second kappa shape index (κ2) is 7.28. The molecule has 0 spiro atoms. The lowest BCUT2D eigenvalue weighted by molar-refractivity contribution is 0.585. The van der Waals surface area contributed by atoms with Crippen LogP contribution in [0.5, 0.6) is 0 Å². The lowest BCUT2D eigenvalue weighted by Crippen LogP contribution is -2.09. The highest BCUT2D eigenvalue weighted by Crippen LogP contribution is 2.11. The SMILES string of the molecule is CCCCCCCS(=O)(=O)Cc1csc(=S)[nH]1.